The van der Waals surface area contributed by atoms with Crippen molar-refractivity contribution < 1.29 is 13.2 Å². The molecule has 0 aliphatic heterocycles. The largest absolute Gasteiger partial charge is 0.416 e. The standard InChI is InChI=1S/C14H12Br2F3NS/c1-7-5-8(14(17,18)19)3-4-9(7)12(20-2)11-6-10(15)13(16)21-11/h3-6,12,20H,1-2H3. The number of benzene rings is 1. The van der Waals surface area contributed by atoms with E-state index in [0.29, 0.717) is 5.56 Å². The minimum absolute atomic E-state index is 0.139. The monoisotopic (exact) mass is 441 g/mol. The lowest BCUT2D eigenvalue weighted by molar-refractivity contribution is -0.137. The Morgan fingerprint density at radius 3 is 2.29 bits per heavy atom. The van der Waals surface area contributed by atoms with Crippen LogP contribution < -0.4 is 5.32 Å². The van der Waals surface area contributed by atoms with Crippen molar-refractivity contribution in [2.75, 3.05) is 7.05 Å². The molecule has 114 valence electrons. The van der Waals surface area contributed by atoms with Gasteiger partial charge in [0.1, 0.15) is 0 Å². The molecule has 0 fully saturated rings. The lowest BCUT2D eigenvalue weighted by atomic mass is 9.97. The van der Waals surface area contributed by atoms with E-state index in [1.54, 1.807) is 31.4 Å². The summed E-state index contributed by atoms with van der Waals surface area (Å²) in [7, 11) is 1.79. The molecule has 0 spiro atoms. The summed E-state index contributed by atoms with van der Waals surface area (Å²) < 4.78 is 40.1. The maximum atomic E-state index is 12.7. The number of aryl methyl sites for hydroxylation is 1. The van der Waals surface area contributed by atoms with Crippen LogP contribution in [0.2, 0.25) is 0 Å². The summed E-state index contributed by atoms with van der Waals surface area (Å²) in [5.41, 5.74) is 0.837. The summed E-state index contributed by atoms with van der Waals surface area (Å²) in [6, 6.07) is 5.69. The normalized spacial score (nSPS) is 13.5. The van der Waals surface area contributed by atoms with Crippen LogP contribution in [-0.4, -0.2) is 7.05 Å². The number of thiophene rings is 1. The van der Waals surface area contributed by atoms with E-state index in [2.05, 4.69) is 37.2 Å². The molecule has 0 saturated carbocycles. The SMILES string of the molecule is CNC(c1cc(Br)c(Br)s1)c1ccc(C(F)(F)F)cc1C. The van der Waals surface area contributed by atoms with Crippen molar-refractivity contribution >= 4 is 43.2 Å². The van der Waals surface area contributed by atoms with Crippen LogP contribution in [0.1, 0.15) is 27.6 Å². The number of hydrogen-bond acceptors (Lipinski definition) is 2. The predicted octanol–water partition coefficient (Wildman–Crippen LogP) is 5.91. The number of rotatable bonds is 3. The zero-order valence-electron chi connectivity index (χ0n) is 11.2. The van der Waals surface area contributed by atoms with Crippen LogP contribution in [0.4, 0.5) is 13.2 Å². The Morgan fingerprint density at radius 2 is 1.86 bits per heavy atom. The van der Waals surface area contributed by atoms with Gasteiger partial charge in [0.2, 0.25) is 0 Å². The van der Waals surface area contributed by atoms with Gasteiger partial charge >= 0.3 is 6.18 Å². The third-order valence-corrected chi connectivity index (χ3v) is 6.47. The maximum Gasteiger partial charge on any atom is 0.416 e. The van der Waals surface area contributed by atoms with Crippen molar-refractivity contribution in [3.8, 4) is 0 Å². The Hall–Kier alpha value is -0.370. The summed E-state index contributed by atoms with van der Waals surface area (Å²) in [6.07, 6.45) is -4.31. The van der Waals surface area contributed by atoms with Crippen molar-refractivity contribution in [1.82, 2.24) is 5.32 Å². The fourth-order valence-corrected chi connectivity index (χ4v) is 4.35. The Kier molecular flexibility index (Phi) is 5.18. The molecule has 1 aromatic carbocycles. The topological polar surface area (TPSA) is 12.0 Å². The molecule has 21 heavy (non-hydrogen) atoms. The van der Waals surface area contributed by atoms with Gasteiger partial charge in [-0.3, -0.25) is 0 Å². The first kappa shape index (κ1) is 17.0. The fraction of sp³-hybridized carbons (Fsp3) is 0.286. The summed E-state index contributed by atoms with van der Waals surface area (Å²) in [4.78, 5) is 1.03. The van der Waals surface area contributed by atoms with Gasteiger partial charge in [-0.2, -0.15) is 13.2 Å². The first-order chi connectivity index (χ1) is 9.74. The molecule has 0 saturated heterocycles. The van der Waals surface area contributed by atoms with Crippen molar-refractivity contribution in [3.63, 3.8) is 0 Å². The molecule has 1 aromatic heterocycles. The minimum atomic E-state index is -4.31. The van der Waals surface area contributed by atoms with Crippen LogP contribution >= 0.6 is 43.2 Å². The molecule has 0 radical (unpaired) electrons. The van der Waals surface area contributed by atoms with Crippen LogP contribution in [0.3, 0.4) is 0 Å². The van der Waals surface area contributed by atoms with E-state index in [1.807, 2.05) is 6.07 Å². The zero-order chi connectivity index (χ0) is 15.8. The molecule has 0 aliphatic carbocycles. The van der Waals surface area contributed by atoms with E-state index in [-0.39, 0.29) is 6.04 Å². The lowest BCUT2D eigenvalue weighted by Crippen LogP contribution is -2.18. The molecule has 2 aromatic rings. The molecule has 1 N–H and O–H groups in total. The molecular weight excluding hydrogens is 431 g/mol. The number of nitrogens with one attached hydrogen (secondary N) is 1. The molecule has 2 rings (SSSR count). The van der Waals surface area contributed by atoms with Gasteiger partial charge in [0.15, 0.2) is 0 Å². The predicted molar refractivity (Wildman–Crippen MR) is 86.8 cm³/mol. The van der Waals surface area contributed by atoms with Crippen LogP contribution in [0.5, 0.6) is 0 Å². The summed E-state index contributed by atoms with van der Waals surface area (Å²) in [5.74, 6) is 0. The van der Waals surface area contributed by atoms with Crippen LogP contribution in [0, 0.1) is 6.92 Å². The van der Waals surface area contributed by atoms with E-state index in [9.17, 15) is 13.2 Å². The zero-order valence-corrected chi connectivity index (χ0v) is 15.2. The molecular formula is C14H12Br2F3NS. The molecule has 1 atom stereocenters. The van der Waals surface area contributed by atoms with Gasteiger partial charge < -0.3 is 5.32 Å². The Morgan fingerprint density at radius 1 is 1.19 bits per heavy atom. The van der Waals surface area contributed by atoms with Crippen LogP contribution in [0.25, 0.3) is 0 Å². The average molecular weight is 443 g/mol. The Bertz CT molecular complexity index is 633. The van der Waals surface area contributed by atoms with Crippen molar-refractivity contribution in [1.29, 1.82) is 0 Å². The summed E-state index contributed by atoms with van der Waals surface area (Å²) in [5, 5.41) is 3.16. The lowest BCUT2D eigenvalue weighted by Gasteiger charge is -2.19. The van der Waals surface area contributed by atoms with Crippen molar-refractivity contribution in [3.05, 3.63) is 54.1 Å². The second-order valence-corrected chi connectivity index (χ2v) is 7.82. The number of alkyl halides is 3. The Balaban J connectivity index is 2.43. The first-order valence-corrected chi connectivity index (χ1v) is 8.44. The van der Waals surface area contributed by atoms with Crippen molar-refractivity contribution in [2.45, 2.75) is 19.1 Å². The van der Waals surface area contributed by atoms with E-state index in [1.165, 1.54) is 6.07 Å². The molecule has 0 aliphatic rings. The third-order valence-electron chi connectivity index (χ3n) is 3.15. The number of hydrogen-bond donors (Lipinski definition) is 1. The van der Waals surface area contributed by atoms with Crippen LogP contribution in [0.15, 0.2) is 32.5 Å². The van der Waals surface area contributed by atoms with Crippen molar-refractivity contribution in [2.24, 2.45) is 0 Å². The van der Waals surface area contributed by atoms with E-state index >= 15 is 0 Å². The third kappa shape index (κ3) is 3.70. The van der Waals surface area contributed by atoms with Gasteiger partial charge in [-0.25, -0.2) is 0 Å². The summed E-state index contributed by atoms with van der Waals surface area (Å²) >= 11 is 8.41. The highest BCUT2D eigenvalue weighted by Crippen LogP contribution is 2.39. The van der Waals surface area contributed by atoms with Gasteiger partial charge in [-0.05, 0) is 75.2 Å². The van der Waals surface area contributed by atoms with E-state index in [4.69, 9.17) is 0 Å². The highest BCUT2D eigenvalue weighted by Gasteiger charge is 2.31. The molecule has 7 heteroatoms. The second-order valence-electron chi connectivity index (χ2n) is 4.56. The van der Waals surface area contributed by atoms with Gasteiger partial charge in [0, 0.05) is 9.35 Å². The van der Waals surface area contributed by atoms with Gasteiger partial charge in [0.25, 0.3) is 0 Å². The summed E-state index contributed by atoms with van der Waals surface area (Å²) in [6.45, 7) is 1.70. The second kappa shape index (κ2) is 6.40. The fourth-order valence-electron chi connectivity index (χ4n) is 2.13. The van der Waals surface area contributed by atoms with Gasteiger partial charge in [-0.1, -0.05) is 6.07 Å². The van der Waals surface area contributed by atoms with Gasteiger partial charge in [-0.15, -0.1) is 11.3 Å². The molecule has 1 heterocycles. The van der Waals surface area contributed by atoms with E-state index in [0.717, 1.165) is 24.8 Å². The Labute approximate surface area is 141 Å². The minimum Gasteiger partial charge on any atom is -0.309 e. The first-order valence-electron chi connectivity index (χ1n) is 6.03. The molecule has 1 unspecified atom stereocenters. The average Bonchev–Trinajstić information content (AvgIpc) is 2.71. The van der Waals surface area contributed by atoms with E-state index < -0.39 is 11.7 Å². The van der Waals surface area contributed by atoms with Gasteiger partial charge in [0.05, 0.1) is 15.4 Å². The number of halogens is 5. The van der Waals surface area contributed by atoms with Crippen LogP contribution in [-0.2, 0) is 6.18 Å². The molecule has 0 bridgehead atoms. The maximum absolute atomic E-state index is 12.7. The molecule has 1 nitrogen and oxygen atoms in total. The smallest absolute Gasteiger partial charge is 0.309 e. The molecule has 0 amide bonds. The quantitative estimate of drug-likeness (QED) is 0.623. The highest BCUT2D eigenvalue weighted by molar-refractivity contribution is 9.13. The highest BCUT2D eigenvalue weighted by atomic mass is 79.9.